The predicted octanol–water partition coefficient (Wildman–Crippen LogP) is 4.29. The van der Waals surface area contributed by atoms with E-state index in [1.54, 1.807) is 0 Å². The highest BCUT2D eigenvalue weighted by Gasteiger charge is 2.38. The van der Waals surface area contributed by atoms with E-state index < -0.39 is 50.3 Å². The summed E-state index contributed by atoms with van der Waals surface area (Å²) in [6.07, 6.45) is 1.40. The molecule has 0 saturated carbocycles. The maximum atomic E-state index is 15.2. The summed E-state index contributed by atoms with van der Waals surface area (Å²) in [6.45, 7) is 3.01. The summed E-state index contributed by atoms with van der Waals surface area (Å²) in [4.78, 5) is 14.0. The highest BCUT2D eigenvalue weighted by Crippen LogP contribution is 2.31. The van der Waals surface area contributed by atoms with E-state index in [1.807, 2.05) is 9.62 Å². The molecule has 0 unspecified atom stereocenters. The van der Waals surface area contributed by atoms with Crippen LogP contribution in [0.1, 0.15) is 32.6 Å². The van der Waals surface area contributed by atoms with E-state index in [0.29, 0.717) is 51.3 Å². The van der Waals surface area contributed by atoms with Gasteiger partial charge in [0.05, 0.1) is 21.6 Å². The van der Waals surface area contributed by atoms with Crippen LogP contribution in [0.3, 0.4) is 0 Å². The maximum Gasteiger partial charge on any atom is 0.265 e. The van der Waals surface area contributed by atoms with Crippen LogP contribution in [0.2, 0.25) is 5.02 Å². The number of ether oxygens (including phenoxy) is 2. The zero-order valence-corrected chi connectivity index (χ0v) is 23.0. The number of carbonyl (C=O) groups excluding carboxylic acids is 1. The average Bonchev–Trinajstić information content (AvgIpc) is 2.87. The van der Waals surface area contributed by atoms with Crippen molar-refractivity contribution < 1.29 is 35.9 Å². The number of halogens is 4. The minimum atomic E-state index is -4.44. The van der Waals surface area contributed by atoms with E-state index in [-0.39, 0.29) is 17.3 Å². The summed E-state index contributed by atoms with van der Waals surface area (Å²) >= 11 is 6.31. The van der Waals surface area contributed by atoms with Gasteiger partial charge in [-0.3, -0.25) is 9.69 Å². The Labute approximate surface area is 230 Å². The Kier molecular flexibility index (Phi) is 9.30. The number of anilines is 1. The van der Waals surface area contributed by atoms with Gasteiger partial charge in [-0.1, -0.05) is 11.6 Å². The molecule has 0 radical (unpaired) electrons. The monoisotopic (exact) mass is 589 g/mol. The van der Waals surface area contributed by atoms with Crippen molar-refractivity contribution in [1.82, 2.24) is 9.62 Å². The van der Waals surface area contributed by atoms with Crippen LogP contribution in [0.15, 0.2) is 41.3 Å². The standard InChI is InChI=1S/C26H31ClF3N3O5S/c1-26(9-2-3-11-38-26)25(34)32-39(35,36)21-12-22(27)24(23(30)13-21)31-19(8-10-33-14-18(29)15-33)16-37-20-6-4-17(28)5-7-20/h4-7,12-13,18-19,31H,2-3,8-11,14-16H2,1H3,(H,32,34)/t19-,26-/m1/s1. The second kappa shape index (κ2) is 12.3. The Morgan fingerprint density at radius 3 is 2.56 bits per heavy atom. The Balaban J connectivity index is 1.47. The van der Waals surface area contributed by atoms with Crippen LogP contribution < -0.4 is 14.8 Å². The minimum Gasteiger partial charge on any atom is -0.491 e. The van der Waals surface area contributed by atoms with Crippen molar-refractivity contribution in [2.24, 2.45) is 0 Å². The molecule has 214 valence electrons. The topological polar surface area (TPSA) is 97.0 Å². The predicted molar refractivity (Wildman–Crippen MR) is 140 cm³/mol. The fourth-order valence-corrected chi connectivity index (χ4v) is 5.84. The third-order valence-electron chi connectivity index (χ3n) is 6.82. The van der Waals surface area contributed by atoms with Gasteiger partial charge in [-0.05, 0) is 69.0 Å². The molecule has 0 aliphatic carbocycles. The summed E-state index contributed by atoms with van der Waals surface area (Å²) < 4.78 is 80.6. The molecule has 2 atom stereocenters. The Morgan fingerprint density at radius 1 is 1.23 bits per heavy atom. The lowest BCUT2D eigenvalue weighted by molar-refractivity contribution is -0.148. The summed E-state index contributed by atoms with van der Waals surface area (Å²) in [6, 6.07) is 6.71. The molecule has 0 bridgehead atoms. The van der Waals surface area contributed by atoms with Gasteiger partial charge in [0.15, 0.2) is 0 Å². The lowest BCUT2D eigenvalue weighted by atomic mass is 9.95. The highest BCUT2D eigenvalue weighted by atomic mass is 35.5. The summed E-state index contributed by atoms with van der Waals surface area (Å²) in [5.41, 5.74) is -1.45. The second-order valence-corrected chi connectivity index (χ2v) is 12.1. The van der Waals surface area contributed by atoms with Gasteiger partial charge in [0.25, 0.3) is 15.9 Å². The molecule has 0 aromatic heterocycles. The molecule has 2 saturated heterocycles. The molecule has 2 N–H and O–H groups in total. The highest BCUT2D eigenvalue weighted by molar-refractivity contribution is 7.90. The summed E-state index contributed by atoms with van der Waals surface area (Å²) in [7, 11) is -4.44. The SMILES string of the molecule is C[C@]1(C(=O)NS(=O)(=O)c2cc(F)c(N[C@H](CCN3CC(F)C3)COc3ccc(F)cc3)c(Cl)c2)CCCCO1. The fourth-order valence-electron chi connectivity index (χ4n) is 4.40. The number of carbonyl (C=O) groups is 1. The van der Waals surface area contributed by atoms with Crippen LogP contribution in [0.4, 0.5) is 18.9 Å². The number of rotatable bonds is 11. The van der Waals surface area contributed by atoms with Crippen molar-refractivity contribution >= 4 is 33.2 Å². The van der Waals surface area contributed by atoms with Crippen LogP contribution in [0, 0.1) is 11.6 Å². The van der Waals surface area contributed by atoms with Crippen LogP contribution >= 0.6 is 11.6 Å². The number of hydrogen-bond donors (Lipinski definition) is 2. The van der Waals surface area contributed by atoms with Crippen LogP contribution in [-0.2, 0) is 19.6 Å². The van der Waals surface area contributed by atoms with Crippen molar-refractivity contribution in [3.05, 3.63) is 53.1 Å². The zero-order chi connectivity index (χ0) is 28.2. The molecular weight excluding hydrogens is 559 g/mol. The number of likely N-dealkylation sites (tertiary alicyclic amines) is 1. The number of benzene rings is 2. The first-order valence-electron chi connectivity index (χ1n) is 12.7. The maximum absolute atomic E-state index is 15.2. The molecule has 13 heteroatoms. The van der Waals surface area contributed by atoms with Crippen molar-refractivity contribution in [3.8, 4) is 5.75 Å². The van der Waals surface area contributed by atoms with E-state index in [9.17, 15) is 22.0 Å². The summed E-state index contributed by atoms with van der Waals surface area (Å²) in [5, 5.41) is 2.74. The number of sulfonamides is 1. The molecule has 0 spiro atoms. The lowest BCUT2D eigenvalue weighted by Crippen LogP contribution is -2.50. The van der Waals surface area contributed by atoms with Crippen molar-refractivity contribution in [1.29, 1.82) is 0 Å². The van der Waals surface area contributed by atoms with Gasteiger partial charge in [0.2, 0.25) is 0 Å². The fraction of sp³-hybridized carbons (Fsp3) is 0.500. The molecule has 2 aliphatic heterocycles. The van der Waals surface area contributed by atoms with Gasteiger partial charge >= 0.3 is 0 Å². The smallest absolute Gasteiger partial charge is 0.265 e. The Hall–Kier alpha value is -2.54. The first-order valence-corrected chi connectivity index (χ1v) is 14.5. The molecule has 39 heavy (non-hydrogen) atoms. The first kappa shape index (κ1) is 29.4. The van der Waals surface area contributed by atoms with Crippen LogP contribution in [0.5, 0.6) is 5.75 Å². The Bertz CT molecular complexity index is 1250. The minimum absolute atomic E-state index is 0.0446. The number of alkyl halides is 1. The van der Waals surface area contributed by atoms with Gasteiger partial charge in [-0.2, -0.15) is 0 Å². The van der Waals surface area contributed by atoms with E-state index in [1.165, 1.54) is 31.2 Å². The van der Waals surface area contributed by atoms with Crippen molar-refractivity contribution in [3.63, 3.8) is 0 Å². The van der Waals surface area contributed by atoms with Crippen LogP contribution in [0.25, 0.3) is 0 Å². The molecule has 2 heterocycles. The van der Waals surface area contributed by atoms with Gasteiger partial charge in [-0.15, -0.1) is 0 Å². The zero-order valence-electron chi connectivity index (χ0n) is 21.4. The van der Waals surface area contributed by atoms with Crippen LogP contribution in [-0.4, -0.2) is 69.9 Å². The number of hydrogen-bond acceptors (Lipinski definition) is 7. The molecule has 1 amide bonds. The number of nitrogens with zero attached hydrogens (tertiary/aromatic N) is 1. The Morgan fingerprint density at radius 2 is 1.95 bits per heavy atom. The second-order valence-electron chi connectivity index (χ2n) is 9.98. The molecule has 2 aromatic rings. The molecule has 4 rings (SSSR count). The van der Waals surface area contributed by atoms with Crippen molar-refractivity contribution in [2.45, 2.75) is 55.3 Å². The van der Waals surface area contributed by atoms with E-state index in [2.05, 4.69) is 5.32 Å². The molecule has 8 nitrogen and oxygen atoms in total. The lowest BCUT2D eigenvalue weighted by Gasteiger charge is -2.35. The van der Waals surface area contributed by atoms with Gasteiger partial charge in [0.1, 0.15) is 35.8 Å². The van der Waals surface area contributed by atoms with E-state index in [0.717, 1.165) is 18.6 Å². The van der Waals surface area contributed by atoms with Crippen molar-refractivity contribution in [2.75, 3.05) is 38.2 Å². The van der Waals surface area contributed by atoms with E-state index in [4.69, 9.17) is 21.1 Å². The molecule has 2 aliphatic rings. The van der Waals surface area contributed by atoms with Gasteiger partial charge in [-0.25, -0.2) is 26.3 Å². The molecule has 2 fully saturated rings. The number of amides is 1. The first-order chi connectivity index (χ1) is 18.4. The molecular formula is C26H31ClF3N3O5S. The average molecular weight is 590 g/mol. The quantitative estimate of drug-likeness (QED) is 0.404. The molecule has 2 aromatic carbocycles. The van der Waals surface area contributed by atoms with Gasteiger partial charge < -0.3 is 14.8 Å². The van der Waals surface area contributed by atoms with E-state index >= 15 is 4.39 Å². The largest absolute Gasteiger partial charge is 0.491 e. The third kappa shape index (κ3) is 7.56. The number of nitrogens with one attached hydrogen (secondary N) is 2. The third-order valence-corrected chi connectivity index (χ3v) is 8.43. The summed E-state index contributed by atoms with van der Waals surface area (Å²) in [5.74, 6) is -1.80. The normalized spacial score (nSPS) is 21.2. The van der Waals surface area contributed by atoms with Gasteiger partial charge in [0, 0.05) is 26.2 Å².